The number of carbonyl (C=O) groups is 3. The van der Waals surface area contributed by atoms with Gasteiger partial charge in [-0.2, -0.15) is 0 Å². The summed E-state index contributed by atoms with van der Waals surface area (Å²) in [5.41, 5.74) is 1.85. The Morgan fingerprint density at radius 2 is 1.81 bits per heavy atom. The number of ether oxygens (including phenoxy) is 1. The maximum atomic E-state index is 13.7. The van der Waals surface area contributed by atoms with Crippen LogP contribution in [0.5, 0.6) is 0 Å². The van der Waals surface area contributed by atoms with Crippen LogP contribution < -0.4 is 10.6 Å². The van der Waals surface area contributed by atoms with Crippen LogP contribution in [0.1, 0.15) is 50.4 Å². The highest BCUT2D eigenvalue weighted by atomic mass is 35.5. The molecular weight excluding hydrogens is 478 g/mol. The van der Waals surface area contributed by atoms with Gasteiger partial charge in [0.25, 0.3) is 5.91 Å². The van der Waals surface area contributed by atoms with Crippen molar-refractivity contribution in [3.8, 4) is 0 Å². The summed E-state index contributed by atoms with van der Waals surface area (Å²) >= 11 is 6.35. The van der Waals surface area contributed by atoms with E-state index in [1.54, 1.807) is 57.2 Å². The molecular formula is C28H34ClN3O4. The number of hydrogen-bond acceptors (Lipinski definition) is 4. The fraction of sp³-hybridized carbons (Fsp3) is 0.321. The summed E-state index contributed by atoms with van der Waals surface area (Å²) < 4.78 is 5.28. The van der Waals surface area contributed by atoms with Crippen molar-refractivity contribution in [1.29, 1.82) is 0 Å². The van der Waals surface area contributed by atoms with Gasteiger partial charge < -0.3 is 20.3 Å². The number of halogens is 1. The molecule has 0 heterocycles. The third kappa shape index (κ3) is 7.71. The number of rotatable bonds is 9. The van der Waals surface area contributed by atoms with Gasteiger partial charge in [0, 0.05) is 6.54 Å². The number of nitrogens with one attached hydrogen (secondary N) is 2. The summed E-state index contributed by atoms with van der Waals surface area (Å²) in [6, 6.07) is 10.4. The van der Waals surface area contributed by atoms with Gasteiger partial charge in [0.1, 0.15) is 17.7 Å². The maximum Gasteiger partial charge on any atom is 0.408 e. The molecule has 0 spiro atoms. The predicted octanol–water partition coefficient (Wildman–Crippen LogP) is 5.90. The van der Waals surface area contributed by atoms with Crippen LogP contribution in [0.15, 0.2) is 61.7 Å². The number of nitrogens with zero attached hydrogens (tertiary/aromatic N) is 1. The lowest BCUT2D eigenvalue weighted by atomic mass is 10.00. The van der Waals surface area contributed by atoms with E-state index in [0.717, 1.165) is 11.1 Å². The second-order valence-corrected chi connectivity index (χ2v) is 9.75. The largest absolute Gasteiger partial charge is 0.444 e. The van der Waals surface area contributed by atoms with E-state index in [2.05, 4.69) is 23.8 Å². The lowest BCUT2D eigenvalue weighted by Crippen LogP contribution is -2.51. The van der Waals surface area contributed by atoms with Gasteiger partial charge in [-0.05, 0) is 63.4 Å². The van der Waals surface area contributed by atoms with Crippen LogP contribution in [0.25, 0.3) is 6.08 Å². The lowest BCUT2D eigenvalue weighted by Gasteiger charge is -2.33. The number of hydrogen-bond donors (Lipinski definition) is 2. The molecule has 0 radical (unpaired) electrons. The van der Waals surface area contributed by atoms with Crippen LogP contribution >= 0.6 is 11.6 Å². The highest BCUT2D eigenvalue weighted by Crippen LogP contribution is 2.29. The fourth-order valence-corrected chi connectivity index (χ4v) is 3.84. The minimum absolute atomic E-state index is 0.0527. The Hall–Kier alpha value is -3.58. The average molecular weight is 512 g/mol. The van der Waals surface area contributed by atoms with Crippen molar-refractivity contribution in [2.75, 3.05) is 11.9 Å². The molecule has 36 heavy (non-hydrogen) atoms. The zero-order valence-corrected chi connectivity index (χ0v) is 22.2. The number of amides is 3. The molecule has 0 aliphatic rings. The second kappa shape index (κ2) is 12.4. The van der Waals surface area contributed by atoms with Crippen LogP contribution in [0, 0.1) is 6.92 Å². The number of aryl methyl sites for hydroxylation is 1. The summed E-state index contributed by atoms with van der Waals surface area (Å²) in [5.74, 6) is -0.951. The van der Waals surface area contributed by atoms with Crippen LogP contribution in [0.4, 0.5) is 10.5 Å². The Morgan fingerprint density at radius 3 is 2.39 bits per heavy atom. The molecule has 2 rings (SSSR count). The van der Waals surface area contributed by atoms with E-state index in [1.807, 2.05) is 19.1 Å². The summed E-state index contributed by atoms with van der Waals surface area (Å²) in [5, 5.41) is 5.82. The first-order chi connectivity index (χ1) is 16.9. The van der Waals surface area contributed by atoms with Crippen LogP contribution in [-0.2, 0) is 14.3 Å². The second-order valence-electron chi connectivity index (χ2n) is 9.34. The average Bonchev–Trinajstić information content (AvgIpc) is 2.79. The first kappa shape index (κ1) is 28.7. The zero-order chi connectivity index (χ0) is 27.0. The molecule has 0 aliphatic heterocycles. The maximum absolute atomic E-state index is 13.7. The Balaban J connectivity index is 2.48. The Labute approximate surface area is 218 Å². The van der Waals surface area contributed by atoms with E-state index in [9.17, 15) is 14.4 Å². The number of benzene rings is 2. The number of anilines is 1. The van der Waals surface area contributed by atoms with Crippen molar-refractivity contribution in [2.45, 2.75) is 52.3 Å². The van der Waals surface area contributed by atoms with Gasteiger partial charge in [0.05, 0.1) is 10.7 Å². The van der Waals surface area contributed by atoms with E-state index in [-0.39, 0.29) is 6.54 Å². The quantitative estimate of drug-likeness (QED) is 0.410. The third-order valence-electron chi connectivity index (χ3n) is 5.20. The monoisotopic (exact) mass is 511 g/mol. The first-order valence-electron chi connectivity index (χ1n) is 11.6. The predicted molar refractivity (Wildman–Crippen MR) is 145 cm³/mol. The minimum Gasteiger partial charge on any atom is -0.444 e. The van der Waals surface area contributed by atoms with E-state index < -0.39 is 35.6 Å². The highest BCUT2D eigenvalue weighted by molar-refractivity contribution is 6.34. The van der Waals surface area contributed by atoms with Crippen molar-refractivity contribution in [1.82, 2.24) is 10.2 Å². The Morgan fingerprint density at radius 1 is 1.14 bits per heavy atom. The molecule has 0 saturated heterocycles. The molecule has 2 unspecified atom stereocenters. The number of alkyl carbamates (subject to hydrolysis) is 1. The zero-order valence-electron chi connectivity index (χ0n) is 21.4. The van der Waals surface area contributed by atoms with E-state index in [4.69, 9.17) is 16.3 Å². The molecule has 2 N–H and O–H groups in total. The molecule has 0 fully saturated rings. The van der Waals surface area contributed by atoms with Gasteiger partial charge in [-0.3, -0.25) is 9.59 Å². The van der Waals surface area contributed by atoms with E-state index >= 15 is 0 Å². The number of carbonyl (C=O) groups excluding carboxylic acids is 3. The van der Waals surface area contributed by atoms with Crippen LogP contribution in [0.2, 0.25) is 5.02 Å². The van der Waals surface area contributed by atoms with Gasteiger partial charge in [-0.25, -0.2) is 4.79 Å². The van der Waals surface area contributed by atoms with E-state index in [1.165, 1.54) is 17.9 Å². The molecule has 0 aliphatic carbocycles. The van der Waals surface area contributed by atoms with Crippen molar-refractivity contribution in [3.63, 3.8) is 0 Å². The Bertz CT molecular complexity index is 1120. The first-order valence-corrected chi connectivity index (χ1v) is 11.9. The van der Waals surface area contributed by atoms with Gasteiger partial charge in [-0.1, -0.05) is 60.7 Å². The van der Waals surface area contributed by atoms with Crippen LogP contribution in [0.3, 0.4) is 0 Å². The van der Waals surface area contributed by atoms with Gasteiger partial charge >= 0.3 is 6.09 Å². The summed E-state index contributed by atoms with van der Waals surface area (Å²) in [6.07, 6.45) is 2.45. The van der Waals surface area contributed by atoms with Crippen molar-refractivity contribution >= 4 is 41.3 Å². The SMILES string of the molecule is C=CCN(C(=O)C(C)NC(=O)OC(C)(C)C)C(C(=O)Nc1c(C)cccc1Cl)c1cccc(C=C)c1. The van der Waals surface area contributed by atoms with Crippen LogP contribution in [-0.4, -0.2) is 41.0 Å². The third-order valence-corrected chi connectivity index (χ3v) is 5.52. The van der Waals surface area contributed by atoms with E-state index in [0.29, 0.717) is 16.3 Å². The van der Waals surface area contributed by atoms with Crippen molar-refractivity contribution < 1.29 is 19.1 Å². The summed E-state index contributed by atoms with van der Waals surface area (Å²) in [7, 11) is 0. The molecule has 0 aromatic heterocycles. The van der Waals surface area contributed by atoms with Gasteiger partial charge in [0.2, 0.25) is 5.91 Å². The molecule has 0 saturated carbocycles. The molecule has 192 valence electrons. The summed E-state index contributed by atoms with van der Waals surface area (Å²) in [4.78, 5) is 41.0. The highest BCUT2D eigenvalue weighted by Gasteiger charge is 2.34. The summed E-state index contributed by atoms with van der Waals surface area (Å²) in [6.45, 7) is 16.2. The standard InChI is InChI=1S/C28H34ClN3O4/c1-8-16-32(26(34)19(4)30-27(35)36-28(5,6)7)24(21-14-11-13-20(9-2)17-21)25(33)31-23-18(3)12-10-15-22(23)29/h8-15,17,19,24H,1-2,16H2,3-7H3,(H,30,35)(H,31,33). The van der Waals surface area contributed by atoms with Gasteiger partial charge in [-0.15, -0.1) is 6.58 Å². The Kier molecular flexibility index (Phi) is 9.87. The molecule has 2 aromatic carbocycles. The minimum atomic E-state index is -1.05. The van der Waals surface area contributed by atoms with Crippen molar-refractivity contribution in [3.05, 3.63) is 83.4 Å². The molecule has 8 heteroatoms. The molecule has 7 nitrogen and oxygen atoms in total. The lowest BCUT2D eigenvalue weighted by molar-refractivity contribution is -0.139. The topological polar surface area (TPSA) is 87.7 Å². The molecule has 0 bridgehead atoms. The number of para-hydroxylation sites is 1. The van der Waals surface area contributed by atoms with Crippen molar-refractivity contribution in [2.24, 2.45) is 0 Å². The smallest absolute Gasteiger partial charge is 0.408 e. The molecule has 2 atom stereocenters. The van der Waals surface area contributed by atoms with Gasteiger partial charge in [0.15, 0.2) is 0 Å². The normalized spacial score (nSPS) is 12.6. The molecule has 3 amide bonds. The molecule has 2 aromatic rings. The fourth-order valence-electron chi connectivity index (χ4n) is 3.57.